The second kappa shape index (κ2) is 7.98. The summed E-state index contributed by atoms with van der Waals surface area (Å²) in [5, 5.41) is 6.30. The van der Waals surface area contributed by atoms with Crippen molar-refractivity contribution in [3.8, 4) is 11.5 Å². The Bertz CT molecular complexity index is 888. The minimum atomic E-state index is -0.260. The number of hydrogen-bond acceptors (Lipinski definition) is 4. The maximum absolute atomic E-state index is 12.4. The van der Waals surface area contributed by atoms with Gasteiger partial charge in [-0.05, 0) is 29.8 Å². The molecule has 0 aromatic heterocycles. The minimum absolute atomic E-state index is 0.0345. The molecule has 0 bridgehead atoms. The topological polar surface area (TPSA) is 79.9 Å². The summed E-state index contributed by atoms with van der Waals surface area (Å²) in [6.45, 7) is 1.59. The molecule has 0 unspecified atom stereocenters. The lowest BCUT2D eigenvalue weighted by Crippen LogP contribution is -2.38. The zero-order valence-electron chi connectivity index (χ0n) is 15.1. The number of ether oxygens (including phenoxy) is 2. The molecular weight excluding hydrogens is 382 g/mol. The van der Waals surface area contributed by atoms with Crippen molar-refractivity contribution in [1.82, 2.24) is 10.6 Å². The van der Waals surface area contributed by atoms with Crippen molar-refractivity contribution in [3.05, 3.63) is 53.1 Å². The molecule has 1 saturated heterocycles. The summed E-state index contributed by atoms with van der Waals surface area (Å²) >= 11 is 5.85. The number of amides is 3. The van der Waals surface area contributed by atoms with Crippen molar-refractivity contribution in [2.45, 2.75) is 13.0 Å². The second-order valence-electron chi connectivity index (χ2n) is 6.80. The SMILES string of the molecule is O=C(NCc1ccc(Cl)cc1)NC[C@@H]1CC(=O)N(c2ccc3c(c2)OCO3)C1. The zero-order valence-corrected chi connectivity index (χ0v) is 15.9. The van der Waals surface area contributed by atoms with Gasteiger partial charge >= 0.3 is 6.03 Å². The Morgan fingerprint density at radius 1 is 1.11 bits per heavy atom. The van der Waals surface area contributed by atoms with E-state index in [0.29, 0.717) is 42.6 Å². The summed E-state index contributed by atoms with van der Waals surface area (Å²) in [5.41, 5.74) is 1.74. The molecule has 2 heterocycles. The van der Waals surface area contributed by atoms with Crippen molar-refractivity contribution in [1.29, 1.82) is 0 Å². The van der Waals surface area contributed by atoms with Crippen LogP contribution in [0.25, 0.3) is 0 Å². The Balaban J connectivity index is 1.26. The largest absolute Gasteiger partial charge is 0.454 e. The highest BCUT2D eigenvalue weighted by molar-refractivity contribution is 6.30. The number of carbonyl (C=O) groups is 2. The summed E-state index contributed by atoms with van der Waals surface area (Å²) < 4.78 is 10.7. The lowest BCUT2D eigenvalue weighted by molar-refractivity contribution is -0.117. The molecule has 7 nitrogen and oxygen atoms in total. The zero-order chi connectivity index (χ0) is 19.5. The van der Waals surface area contributed by atoms with E-state index < -0.39 is 0 Å². The van der Waals surface area contributed by atoms with Gasteiger partial charge in [-0.15, -0.1) is 0 Å². The van der Waals surface area contributed by atoms with Crippen molar-refractivity contribution in [2.24, 2.45) is 5.92 Å². The summed E-state index contributed by atoms with van der Waals surface area (Å²) in [6.07, 6.45) is 0.395. The number of carbonyl (C=O) groups excluding carboxylic acids is 2. The first kappa shape index (κ1) is 18.4. The summed E-state index contributed by atoms with van der Waals surface area (Å²) in [5.74, 6) is 1.42. The molecule has 1 atom stereocenters. The Hall–Kier alpha value is -2.93. The normalized spacial score (nSPS) is 17.7. The maximum atomic E-state index is 12.4. The van der Waals surface area contributed by atoms with Crippen LogP contribution in [0.4, 0.5) is 10.5 Å². The third-order valence-corrected chi connectivity index (χ3v) is 5.04. The van der Waals surface area contributed by atoms with Gasteiger partial charge in [-0.3, -0.25) is 4.79 Å². The van der Waals surface area contributed by atoms with Crippen LogP contribution >= 0.6 is 11.6 Å². The molecule has 1 fully saturated rings. The van der Waals surface area contributed by atoms with Crippen molar-refractivity contribution < 1.29 is 19.1 Å². The Morgan fingerprint density at radius 3 is 2.71 bits per heavy atom. The molecule has 2 aliphatic heterocycles. The number of nitrogens with one attached hydrogen (secondary N) is 2. The third-order valence-electron chi connectivity index (χ3n) is 4.79. The van der Waals surface area contributed by atoms with E-state index in [4.69, 9.17) is 21.1 Å². The molecular formula is C20H20ClN3O4. The molecule has 3 amide bonds. The number of urea groups is 1. The van der Waals surface area contributed by atoms with Gasteiger partial charge in [0.2, 0.25) is 12.7 Å². The fraction of sp³-hybridized carbons (Fsp3) is 0.300. The number of halogens is 1. The molecule has 2 aliphatic rings. The summed E-state index contributed by atoms with van der Waals surface area (Å²) in [7, 11) is 0. The predicted molar refractivity (Wildman–Crippen MR) is 105 cm³/mol. The maximum Gasteiger partial charge on any atom is 0.315 e. The van der Waals surface area contributed by atoms with Crippen LogP contribution in [-0.2, 0) is 11.3 Å². The van der Waals surface area contributed by atoms with E-state index in [-0.39, 0.29) is 24.6 Å². The first-order valence-electron chi connectivity index (χ1n) is 9.04. The average molecular weight is 402 g/mol. The lowest BCUT2D eigenvalue weighted by atomic mass is 10.1. The third kappa shape index (κ3) is 4.14. The van der Waals surface area contributed by atoms with Crippen molar-refractivity contribution >= 4 is 29.2 Å². The summed E-state index contributed by atoms with van der Waals surface area (Å²) in [4.78, 5) is 26.1. The van der Waals surface area contributed by atoms with Crippen LogP contribution in [0.1, 0.15) is 12.0 Å². The molecule has 0 aliphatic carbocycles. The van der Waals surface area contributed by atoms with E-state index in [2.05, 4.69) is 10.6 Å². The highest BCUT2D eigenvalue weighted by atomic mass is 35.5. The monoisotopic (exact) mass is 401 g/mol. The smallest absolute Gasteiger partial charge is 0.315 e. The van der Waals surface area contributed by atoms with Gasteiger partial charge in [-0.25, -0.2) is 4.79 Å². The average Bonchev–Trinajstić information content (AvgIpc) is 3.31. The van der Waals surface area contributed by atoms with E-state index in [1.165, 1.54) is 0 Å². The molecule has 2 N–H and O–H groups in total. The van der Waals surface area contributed by atoms with Gasteiger partial charge in [0.1, 0.15) is 0 Å². The van der Waals surface area contributed by atoms with E-state index in [0.717, 1.165) is 11.3 Å². The van der Waals surface area contributed by atoms with Crippen LogP contribution in [0.3, 0.4) is 0 Å². The van der Waals surface area contributed by atoms with Gasteiger partial charge in [0.25, 0.3) is 0 Å². The fourth-order valence-electron chi connectivity index (χ4n) is 3.31. The van der Waals surface area contributed by atoms with Crippen molar-refractivity contribution in [3.63, 3.8) is 0 Å². The van der Waals surface area contributed by atoms with Gasteiger partial charge in [0.15, 0.2) is 11.5 Å². The Morgan fingerprint density at radius 2 is 1.89 bits per heavy atom. The standard InChI is InChI=1S/C20H20ClN3O4/c21-15-3-1-13(2-4-15)9-22-20(26)23-10-14-7-19(25)24(11-14)16-5-6-17-18(8-16)28-12-27-17/h1-6,8,14H,7,9-12H2,(H2,22,23,26)/t14-/m0/s1. The molecule has 146 valence electrons. The van der Waals surface area contributed by atoms with Crippen LogP contribution in [0.15, 0.2) is 42.5 Å². The van der Waals surface area contributed by atoms with Crippen LogP contribution in [0, 0.1) is 5.92 Å². The van der Waals surface area contributed by atoms with E-state index in [1.807, 2.05) is 24.3 Å². The van der Waals surface area contributed by atoms with Gasteiger partial charge < -0.3 is 25.0 Å². The van der Waals surface area contributed by atoms with Gasteiger partial charge in [-0.1, -0.05) is 23.7 Å². The summed E-state index contributed by atoms with van der Waals surface area (Å²) in [6, 6.07) is 12.5. The minimum Gasteiger partial charge on any atom is -0.454 e. The first-order chi connectivity index (χ1) is 13.6. The second-order valence-corrected chi connectivity index (χ2v) is 7.24. The molecule has 28 heavy (non-hydrogen) atoms. The van der Waals surface area contributed by atoms with Gasteiger partial charge in [-0.2, -0.15) is 0 Å². The molecule has 4 rings (SSSR count). The van der Waals surface area contributed by atoms with Crippen molar-refractivity contribution in [2.75, 3.05) is 24.8 Å². The van der Waals surface area contributed by atoms with Gasteiger partial charge in [0, 0.05) is 48.7 Å². The van der Waals surface area contributed by atoms with Crippen LogP contribution in [0.2, 0.25) is 5.02 Å². The van der Waals surface area contributed by atoms with E-state index >= 15 is 0 Å². The molecule has 0 spiro atoms. The molecule has 2 aromatic carbocycles. The fourth-order valence-corrected chi connectivity index (χ4v) is 3.43. The quantitative estimate of drug-likeness (QED) is 0.807. The van der Waals surface area contributed by atoms with Crippen LogP contribution in [0.5, 0.6) is 11.5 Å². The highest BCUT2D eigenvalue weighted by Crippen LogP contribution is 2.37. The van der Waals surface area contributed by atoms with Crippen LogP contribution in [-0.4, -0.2) is 31.8 Å². The lowest BCUT2D eigenvalue weighted by Gasteiger charge is -2.17. The van der Waals surface area contributed by atoms with E-state index in [9.17, 15) is 9.59 Å². The van der Waals surface area contributed by atoms with E-state index in [1.54, 1.807) is 23.1 Å². The molecule has 0 saturated carbocycles. The Kier molecular flexibility index (Phi) is 5.25. The number of hydrogen-bond donors (Lipinski definition) is 2. The highest BCUT2D eigenvalue weighted by Gasteiger charge is 2.31. The Labute approximate surface area is 167 Å². The molecule has 2 aromatic rings. The number of anilines is 1. The van der Waals surface area contributed by atoms with Gasteiger partial charge in [0.05, 0.1) is 0 Å². The predicted octanol–water partition coefficient (Wildman–Crippen LogP) is 2.92. The number of nitrogens with zero attached hydrogens (tertiary/aromatic N) is 1. The first-order valence-corrected chi connectivity index (χ1v) is 9.42. The van der Waals surface area contributed by atoms with Crippen LogP contribution < -0.4 is 25.0 Å². The molecule has 8 heteroatoms. The number of rotatable bonds is 5. The number of benzene rings is 2. The number of fused-ring (bicyclic) bond motifs is 1. The molecule has 0 radical (unpaired) electrons.